The third-order valence-electron chi connectivity index (χ3n) is 1.92. The minimum Gasteiger partial charge on any atom is -0.452 e. The standard InChI is InChI=1S/C12H11NO2/c1-2-6-11-12(9-14-13-11)15-10-7-4-3-5-8-10/h2-5,7-9H,1,6H2. The van der Waals surface area contributed by atoms with Crippen LogP contribution in [0.3, 0.4) is 0 Å². The van der Waals surface area contributed by atoms with Gasteiger partial charge < -0.3 is 9.26 Å². The second-order valence-electron chi connectivity index (χ2n) is 3.03. The first kappa shape index (κ1) is 9.52. The summed E-state index contributed by atoms with van der Waals surface area (Å²) < 4.78 is 10.4. The number of hydrogen-bond acceptors (Lipinski definition) is 3. The van der Waals surface area contributed by atoms with Crippen LogP contribution < -0.4 is 4.74 Å². The Morgan fingerprint density at radius 1 is 1.33 bits per heavy atom. The van der Waals surface area contributed by atoms with E-state index in [4.69, 9.17) is 9.26 Å². The van der Waals surface area contributed by atoms with Crippen molar-refractivity contribution in [3.63, 3.8) is 0 Å². The van der Waals surface area contributed by atoms with Crippen LogP contribution in [0.15, 0.2) is 53.8 Å². The molecule has 3 nitrogen and oxygen atoms in total. The fraction of sp³-hybridized carbons (Fsp3) is 0.0833. The number of hydrogen-bond donors (Lipinski definition) is 0. The second-order valence-corrected chi connectivity index (χ2v) is 3.03. The molecule has 0 bridgehead atoms. The third-order valence-corrected chi connectivity index (χ3v) is 1.92. The molecule has 0 unspecified atom stereocenters. The highest BCUT2D eigenvalue weighted by atomic mass is 16.5. The highest BCUT2D eigenvalue weighted by Crippen LogP contribution is 2.24. The number of nitrogens with zero attached hydrogens (tertiary/aromatic N) is 1. The van der Waals surface area contributed by atoms with Gasteiger partial charge in [-0.1, -0.05) is 29.4 Å². The summed E-state index contributed by atoms with van der Waals surface area (Å²) in [5.41, 5.74) is 0.758. The van der Waals surface area contributed by atoms with Crippen LogP contribution in [0, 0.1) is 0 Å². The van der Waals surface area contributed by atoms with Crippen molar-refractivity contribution in [1.82, 2.24) is 5.16 Å². The molecule has 0 N–H and O–H groups in total. The van der Waals surface area contributed by atoms with Crippen LogP contribution in [0.5, 0.6) is 11.5 Å². The van der Waals surface area contributed by atoms with Gasteiger partial charge in [0.1, 0.15) is 11.4 Å². The molecule has 2 aromatic rings. The maximum absolute atomic E-state index is 5.60. The van der Waals surface area contributed by atoms with E-state index in [1.165, 1.54) is 6.26 Å². The van der Waals surface area contributed by atoms with Crippen molar-refractivity contribution in [3.8, 4) is 11.5 Å². The molecule has 0 radical (unpaired) electrons. The zero-order valence-corrected chi connectivity index (χ0v) is 8.22. The zero-order chi connectivity index (χ0) is 10.5. The lowest BCUT2D eigenvalue weighted by atomic mass is 10.3. The van der Waals surface area contributed by atoms with Gasteiger partial charge in [0.2, 0.25) is 0 Å². The van der Waals surface area contributed by atoms with Crippen LogP contribution in [0.2, 0.25) is 0 Å². The largest absolute Gasteiger partial charge is 0.452 e. The van der Waals surface area contributed by atoms with Crippen LogP contribution in [0.25, 0.3) is 0 Å². The number of rotatable bonds is 4. The highest BCUT2D eigenvalue weighted by Gasteiger charge is 2.07. The first-order valence-corrected chi connectivity index (χ1v) is 4.67. The molecule has 0 aliphatic heterocycles. The summed E-state index contributed by atoms with van der Waals surface area (Å²) in [6.07, 6.45) is 3.89. The molecule has 1 aromatic carbocycles. The van der Waals surface area contributed by atoms with E-state index < -0.39 is 0 Å². The third kappa shape index (κ3) is 2.26. The average Bonchev–Trinajstić information content (AvgIpc) is 2.68. The number of aromatic nitrogens is 1. The van der Waals surface area contributed by atoms with Crippen LogP contribution in [-0.4, -0.2) is 5.16 Å². The SMILES string of the molecule is C=CCc1nocc1Oc1ccccc1. The predicted octanol–water partition coefficient (Wildman–Crippen LogP) is 3.20. The van der Waals surface area contributed by atoms with E-state index in [2.05, 4.69) is 11.7 Å². The van der Waals surface area contributed by atoms with Crippen molar-refractivity contribution in [2.45, 2.75) is 6.42 Å². The molecule has 0 spiro atoms. The van der Waals surface area contributed by atoms with Gasteiger partial charge >= 0.3 is 0 Å². The lowest BCUT2D eigenvalue weighted by molar-refractivity contribution is 0.407. The molecule has 0 saturated carbocycles. The van der Waals surface area contributed by atoms with E-state index in [-0.39, 0.29) is 0 Å². The fourth-order valence-electron chi connectivity index (χ4n) is 1.22. The molecule has 0 amide bonds. The van der Waals surface area contributed by atoms with Crippen molar-refractivity contribution in [2.24, 2.45) is 0 Å². The Labute approximate surface area is 88.0 Å². The first-order valence-electron chi connectivity index (χ1n) is 4.67. The van der Waals surface area contributed by atoms with E-state index in [0.717, 1.165) is 11.4 Å². The van der Waals surface area contributed by atoms with Crippen LogP contribution in [0.1, 0.15) is 5.69 Å². The van der Waals surface area contributed by atoms with Gasteiger partial charge in [0.25, 0.3) is 0 Å². The number of ether oxygens (including phenoxy) is 1. The minimum absolute atomic E-state index is 0.638. The van der Waals surface area contributed by atoms with Gasteiger partial charge in [-0.25, -0.2) is 0 Å². The van der Waals surface area contributed by atoms with E-state index in [9.17, 15) is 0 Å². The van der Waals surface area contributed by atoms with Gasteiger partial charge in [0.05, 0.1) is 0 Å². The van der Waals surface area contributed by atoms with Crippen molar-refractivity contribution in [3.05, 3.63) is 54.9 Å². The Bertz CT molecular complexity index is 434. The molecule has 3 heteroatoms. The summed E-state index contributed by atoms with van der Waals surface area (Å²) in [4.78, 5) is 0. The van der Waals surface area contributed by atoms with Gasteiger partial charge in [-0.05, 0) is 12.1 Å². The van der Waals surface area contributed by atoms with Gasteiger partial charge in [-0.2, -0.15) is 0 Å². The molecule has 0 fully saturated rings. The molecule has 1 heterocycles. The Balaban J connectivity index is 2.17. The average molecular weight is 201 g/mol. The Morgan fingerprint density at radius 2 is 2.13 bits per heavy atom. The Kier molecular flexibility index (Phi) is 2.83. The molecule has 0 saturated heterocycles. The smallest absolute Gasteiger partial charge is 0.190 e. The second kappa shape index (κ2) is 4.46. The number of benzene rings is 1. The van der Waals surface area contributed by atoms with E-state index in [1.54, 1.807) is 6.08 Å². The lowest BCUT2D eigenvalue weighted by Crippen LogP contribution is -1.87. The number of allylic oxidation sites excluding steroid dienone is 1. The molecule has 2 rings (SSSR count). The molecule has 15 heavy (non-hydrogen) atoms. The molecule has 0 aliphatic carbocycles. The topological polar surface area (TPSA) is 35.3 Å². The van der Waals surface area contributed by atoms with Gasteiger partial charge in [0, 0.05) is 6.42 Å². The Hall–Kier alpha value is -2.03. The van der Waals surface area contributed by atoms with Crippen LogP contribution in [-0.2, 0) is 6.42 Å². The summed E-state index contributed by atoms with van der Waals surface area (Å²) in [7, 11) is 0. The predicted molar refractivity (Wildman–Crippen MR) is 56.9 cm³/mol. The lowest BCUT2D eigenvalue weighted by Gasteiger charge is -2.02. The summed E-state index contributed by atoms with van der Waals surface area (Å²) in [5, 5.41) is 3.83. The minimum atomic E-state index is 0.638. The van der Waals surface area contributed by atoms with Crippen LogP contribution in [0.4, 0.5) is 0 Å². The van der Waals surface area contributed by atoms with Crippen LogP contribution >= 0.6 is 0 Å². The van der Waals surface area contributed by atoms with E-state index >= 15 is 0 Å². The summed E-state index contributed by atoms with van der Waals surface area (Å²) >= 11 is 0. The number of para-hydroxylation sites is 1. The Morgan fingerprint density at radius 3 is 2.87 bits per heavy atom. The van der Waals surface area contributed by atoms with Crippen molar-refractivity contribution < 1.29 is 9.26 Å². The highest BCUT2D eigenvalue weighted by molar-refractivity contribution is 5.32. The molecule has 0 atom stereocenters. The van der Waals surface area contributed by atoms with Gasteiger partial charge in [-0.3, -0.25) is 0 Å². The molecule has 1 aromatic heterocycles. The quantitative estimate of drug-likeness (QED) is 0.712. The van der Waals surface area contributed by atoms with Crippen molar-refractivity contribution >= 4 is 0 Å². The fourth-order valence-corrected chi connectivity index (χ4v) is 1.22. The maximum Gasteiger partial charge on any atom is 0.190 e. The summed E-state index contributed by atoms with van der Waals surface area (Å²) in [6.45, 7) is 3.65. The first-order chi connectivity index (χ1) is 7.40. The maximum atomic E-state index is 5.60. The molecular formula is C12H11NO2. The van der Waals surface area contributed by atoms with Gasteiger partial charge in [0.15, 0.2) is 12.0 Å². The summed E-state index contributed by atoms with van der Waals surface area (Å²) in [5.74, 6) is 1.41. The van der Waals surface area contributed by atoms with E-state index in [1.807, 2.05) is 30.3 Å². The normalized spacial score (nSPS) is 9.87. The molecular weight excluding hydrogens is 190 g/mol. The van der Waals surface area contributed by atoms with E-state index in [0.29, 0.717) is 12.2 Å². The summed E-state index contributed by atoms with van der Waals surface area (Å²) in [6, 6.07) is 9.52. The zero-order valence-electron chi connectivity index (χ0n) is 8.22. The monoisotopic (exact) mass is 201 g/mol. The van der Waals surface area contributed by atoms with Gasteiger partial charge in [-0.15, -0.1) is 6.58 Å². The molecule has 0 aliphatic rings. The van der Waals surface area contributed by atoms with Crippen molar-refractivity contribution in [2.75, 3.05) is 0 Å². The molecule has 76 valence electrons. The van der Waals surface area contributed by atoms with Crippen molar-refractivity contribution in [1.29, 1.82) is 0 Å².